The fraction of sp³-hybridized carbons (Fsp3) is 0.588. The Morgan fingerprint density at radius 3 is 2.61 bits per heavy atom. The number of furan rings is 1. The molecule has 126 valence electrons. The average molecular weight is 321 g/mol. The van der Waals surface area contributed by atoms with Crippen LogP contribution in [0.3, 0.4) is 0 Å². The highest BCUT2D eigenvalue weighted by Crippen LogP contribution is 2.38. The van der Waals surface area contributed by atoms with Gasteiger partial charge in [0.05, 0.1) is 5.56 Å². The summed E-state index contributed by atoms with van der Waals surface area (Å²) in [7, 11) is 0. The zero-order valence-corrected chi connectivity index (χ0v) is 13.8. The van der Waals surface area contributed by atoms with E-state index in [1.165, 1.54) is 0 Å². The lowest BCUT2D eigenvalue weighted by molar-refractivity contribution is -0.137. The van der Waals surface area contributed by atoms with E-state index in [2.05, 4.69) is 5.32 Å². The number of hydrogen-bond donors (Lipinski definition) is 2. The SMILES string of the molecule is Cc1c(C(=O)NCCCCC(=O)O)oc2c1C(=O)CC(C)(C)C2. The van der Waals surface area contributed by atoms with Crippen molar-refractivity contribution in [1.82, 2.24) is 5.32 Å². The number of carbonyl (C=O) groups is 3. The van der Waals surface area contributed by atoms with Crippen LogP contribution < -0.4 is 5.32 Å². The summed E-state index contributed by atoms with van der Waals surface area (Å²) < 4.78 is 5.67. The second-order valence-electron chi connectivity index (χ2n) is 6.90. The number of ketones is 1. The van der Waals surface area contributed by atoms with Crippen molar-refractivity contribution in [1.29, 1.82) is 0 Å². The molecule has 2 rings (SSSR count). The van der Waals surface area contributed by atoms with Crippen LogP contribution in [0.15, 0.2) is 4.42 Å². The van der Waals surface area contributed by atoms with E-state index in [1.807, 2.05) is 13.8 Å². The molecule has 1 aliphatic rings. The van der Waals surface area contributed by atoms with E-state index in [0.29, 0.717) is 49.1 Å². The maximum atomic E-state index is 12.3. The minimum Gasteiger partial charge on any atom is -0.481 e. The summed E-state index contributed by atoms with van der Waals surface area (Å²) >= 11 is 0. The molecule has 0 atom stereocenters. The zero-order chi connectivity index (χ0) is 17.2. The summed E-state index contributed by atoms with van der Waals surface area (Å²) in [6, 6.07) is 0. The maximum absolute atomic E-state index is 12.3. The van der Waals surface area contributed by atoms with Crippen molar-refractivity contribution >= 4 is 17.7 Å². The Balaban J connectivity index is 2.02. The number of amides is 1. The van der Waals surface area contributed by atoms with Crippen molar-refractivity contribution in [3.63, 3.8) is 0 Å². The summed E-state index contributed by atoms with van der Waals surface area (Å²) in [5.74, 6) is -0.373. The predicted molar refractivity (Wildman–Crippen MR) is 83.7 cm³/mol. The first-order valence-corrected chi connectivity index (χ1v) is 7.87. The molecule has 23 heavy (non-hydrogen) atoms. The van der Waals surface area contributed by atoms with Gasteiger partial charge in [0.25, 0.3) is 5.91 Å². The van der Waals surface area contributed by atoms with Crippen LogP contribution in [0.1, 0.15) is 71.8 Å². The Morgan fingerprint density at radius 2 is 1.96 bits per heavy atom. The van der Waals surface area contributed by atoms with Crippen LogP contribution in [0.25, 0.3) is 0 Å². The lowest BCUT2D eigenvalue weighted by Crippen LogP contribution is -2.26. The molecule has 1 heterocycles. The predicted octanol–water partition coefficient (Wildman–Crippen LogP) is 2.73. The molecule has 6 heteroatoms. The molecule has 0 saturated carbocycles. The topological polar surface area (TPSA) is 96.6 Å². The summed E-state index contributed by atoms with van der Waals surface area (Å²) in [5, 5.41) is 11.3. The van der Waals surface area contributed by atoms with Gasteiger partial charge < -0.3 is 14.8 Å². The molecule has 0 radical (unpaired) electrons. The van der Waals surface area contributed by atoms with E-state index in [4.69, 9.17) is 9.52 Å². The van der Waals surface area contributed by atoms with Crippen molar-refractivity contribution < 1.29 is 23.9 Å². The molecule has 0 saturated heterocycles. The van der Waals surface area contributed by atoms with Gasteiger partial charge in [0.15, 0.2) is 11.5 Å². The van der Waals surface area contributed by atoms with Crippen LogP contribution in [-0.2, 0) is 11.2 Å². The van der Waals surface area contributed by atoms with Gasteiger partial charge in [0.2, 0.25) is 0 Å². The number of aliphatic carboxylic acids is 1. The van der Waals surface area contributed by atoms with Crippen LogP contribution >= 0.6 is 0 Å². The monoisotopic (exact) mass is 321 g/mol. The second kappa shape index (κ2) is 6.56. The van der Waals surface area contributed by atoms with Gasteiger partial charge in [-0.25, -0.2) is 0 Å². The Kier molecular flexibility index (Phi) is 4.92. The van der Waals surface area contributed by atoms with Crippen molar-refractivity contribution in [2.24, 2.45) is 5.41 Å². The Morgan fingerprint density at radius 1 is 1.26 bits per heavy atom. The molecular formula is C17H23NO5. The smallest absolute Gasteiger partial charge is 0.303 e. The van der Waals surface area contributed by atoms with Gasteiger partial charge in [-0.1, -0.05) is 13.8 Å². The van der Waals surface area contributed by atoms with E-state index in [9.17, 15) is 14.4 Å². The molecule has 1 aliphatic carbocycles. The second-order valence-corrected chi connectivity index (χ2v) is 6.90. The quantitative estimate of drug-likeness (QED) is 0.785. The highest BCUT2D eigenvalue weighted by molar-refractivity contribution is 6.03. The fourth-order valence-electron chi connectivity index (χ4n) is 2.98. The lowest BCUT2D eigenvalue weighted by atomic mass is 9.76. The van der Waals surface area contributed by atoms with Crippen LogP contribution in [0.2, 0.25) is 0 Å². The molecule has 0 aromatic carbocycles. The van der Waals surface area contributed by atoms with Crippen LogP contribution in [-0.4, -0.2) is 29.3 Å². The van der Waals surface area contributed by atoms with Crippen molar-refractivity contribution in [3.05, 3.63) is 22.6 Å². The third kappa shape index (κ3) is 4.00. The first kappa shape index (κ1) is 17.2. The first-order valence-electron chi connectivity index (χ1n) is 7.87. The number of carboxylic acids is 1. The Bertz CT molecular complexity index is 642. The standard InChI is InChI=1S/C17H23NO5/c1-10-14-11(19)8-17(2,3)9-12(14)23-15(10)16(22)18-7-5-4-6-13(20)21/h4-9H2,1-3H3,(H,18,22)(H,20,21). The van der Waals surface area contributed by atoms with E-state index in [0.717, 1.165) is 0 Å². The van der Waals surface area contributed by atoms with Crippen LogP contribution in [0, 0.1) is 12.3 Å². The number of nitrogens with one attached hydrogen (secondary N) is 1. The highest BCUT2D eigenvalue weighted by Gasteiger charge is 2.36. The summed E-state index contributed by atoms with van der Waals surface area (Å²) in [6.45, 7) is 6.13. The van der Waals surface area contributed by atoms with Crippen molar-refractivity contribution in [2.75, 3.05) is 6.54 Å². The van der Waals surface area contributed by atoms with Crippen LogP contribution in [0.4, 0.5) is 0 Å². The van der Waals surface area contributed by atoms with Crippen LogP contribution in [0.5, 0.6) is 0 Å². The molecule has 0 fully saturated rings. The molecule has 2 N–H and O–H groups in total. The van der Waals surface area contributed by atoms with E-state index in [-0.39, 0.29) is 29.3 Å². The van der Waals surface area contributed by atoms with Gasteiger partial charge >= 0.3 is 5.97 Å². The number of unbranched alkanes of at least 4 members (excludes halogenated alkanes) is 1. The molecule has 6 nitrogen and oxygen atoms in total. The molecule has 1 amide bonds. The molecule has 0 unspecified atom stereocenters. The molecule has 1 aromatic rings. The fourth-order valence-corrected chi connectivity index (χ4v) is 2.98. The zero-order valence-electron chi connectivity index (χ0n) is 13.8. The number of rotatable bonds is 6. The summed E-state index contributed by atoms with van der Waals surface area (Å²) in [5.41, 5.74) is 1.00. The van der Waals surface area contributed by atoms with E-state index in [1.54, 1.807) is 6.92 Å². The summed E-state index contributed by atoms with van der Waals surface area (Å²) in [6.07, 6.45) is 2.28. The minimum atomic E-state index is -0.841. The first-order chi connectivity index (χ1) is 10.7. The van der Waals surface area contributed by atoms with Gasteiger partial charge in [-0.15, -0.1) is 0 Å². The lowest BCUT2D eigenvalue weighted by Gasteiger charge is -2.27. The number of carboxylic acid groups (broad SMARTS) is 1. The maximum Gasteiger partial charge on any atom is 0.303 e. The number of hydrogen-bond acceptors (Lipinski definition) is 4. The average Bonchev–Trinajstić information content (AvgIpc) is 2.73. The number of Topliss-reactive ketones (excluding diaryl/α,β-unsaturated/α-hetero) is 1. The normalized spacial score (nSPS) is 16.0. The summed E-state index contributed by atoms with van der Waals surface area (Å²) in [4.78, 5) is 34.9. The highest BCUT2D eigenvalue weighted by atomic mass is 16.4. The number of carbonyl (C=O) groups excluding carboxylic acids is 2. The largest absolute Gasteiger partial charge is 0.481 e. The van der Waals surface area contributed by atoms with Gasteiger partial charge in [-0.05, 0) is 25.2 Å². The molecular weight excluding hydrogens is 298 g/mol. The molecule has 0 aliphatic heterocycles. The van der Waals surface area contributed by atoms with Gasteiger partial charge in [-0.3, -0.25) is 14.4 Å². The van der Waals surface area contributed by atoms with Gasteiger partial charge in [0.1, 0.15) is 5.76 Å². The van der Waals surface area contributed by atoms with Crippen molar-refractivity contribution in [3.8, 4) is 0 Å². The molecule has 0 bridgehead atoms. The minimum absolute atomic E-state index is 0.0259. The Hall–Kier alpha value is -2.11. The van der Waals surface area contributed by atoms with Gasteiger partial charge in [0, 0.05) is 31.4 Å². The molecule has 0 spiro atoms. The van der Waals surface area contributed by atoms with E-state index >= 15 is 0 Å². The van der Waals surface area contributed by atoms with Gasteiger partial charge in [-0.2, -0.15) is 0 Å². The third-order valence-corrected chi connectivity index (χ3v) is 4.09. The van der Waals surface area contributed by atoms with E-state index < -0.39 is 5.97 Å². The van der Waals surface area contributed by atoms with Crippen molar-refractivity contribution in [2.45, 2.75) is 52.9 Å². The molecule has 1 aromatic heterocycles. The third-order valence-electron chi connectivity index (χ3n) is 4.09. The number of fused-ring (bicyclic) bond motifs is 1. The Labute approximate surface area is 135 Å².